The van der Waals surface area contributed by atoms with E-state index in [1.165, 1.54) is 23.4 Å². The van der Waals surface area contributed by atoms with Crippen molar-refractivity contribution in [1.82, 2.24) is 24.1 Å². The average molecular weight is 337 g/mol. The number of nitrogens with one attached hydrogen (secondary N) is 1. The SMILES string of the molecule is Cc1nc(CCSc2nc3c([nH]2)c(=O)n(C)c(=O)n3C)cs1. The summed E-state index contributed by atoms with van der Waals surface area (Å²) in [7, 11) is 3.07. The van der Waals surface area contributed by atoms with E-state index in [0.29, 0.717) is 16.3 Å². The average Bonchev–Trinajstić information content (AvgIpc) is 3.10. The number of imidazole rings is 1. The highest BCUT2D eigenvalue weighted by atomic mass is 32.2. The predicted molar refractivity (Wildman–Crippen MR) is 87.9 cm³/mol. The number of nitrogens with zero attached hydrogens (tertiary/aromatic N) is 4. The molecule has 0 atom stereocenters. The largest absolute Gasteiger partial charge is 0.332 e. The fourth-order valence-corrected chi connectivity index (χ4v) is 3.63. The second-order valence-electron chi connectivity index (χ2n) is 4.90. The zero-order valence-corrected chi connectivity index (χ0v) is 14.0. The van der Waals surface area contributed by atoms with Gasteiger partial charge in [-0.05, 0) is 6.92 Å². The molecule has 3 heterocycles. The molecule has 22 heavy (non-hydrogen) atoms. The molecule has 0 unspecified atom stereocenters. The standard InChI is InChI=1S/C13H15N5O2S2/c1-7-14-8(6-22-7)4-5-21-12-15-9-10(16-12)17(2)13(20)18(3)11(9)19/h6H,4-5H2,1-3H3,(H,15,16). The minimum absolute atomic E-state index is 0.354. The van der Waals surface area contributed by atoms with Crippen LogP contribution in [0.3, 0.4) is 0 Å². The van der Waals surface area contributed by atoms with E-state index in [1.54, 1.807) is 18.4 Å². The molecule has 0 aliphatic rings. The van der Waals surface area contributed by atoms with Crippen molar-refractivity contribution in [2.75, 3.05) is 5.75 Å². The van der Waals surface area contributed by atoms with Gasteiger partial charge < -0.3 is 4.98 Å². The lowest BCUT2D eigenvalue weighted by molar-refractivity contribution is 0.708. The number of hydrogen-bond acceptors (Lipinski definition) is 6. The summed E-state index contributed by atoms with van der Waals surface area (Å²) in [5.74, 6) is 0.803. The molecule has 7 nitrogen and oxygen atoms in total. The minimum atomic E-state index is -0.376. The molecule has 0 saturated heterocycles. The molecule has 0 aromatic carbocycles. The van der Waals surface area contributed by atoms with Crippen LogP contribution in [0.5, 0.6) is 0 Å². The molecule has 9 heteroatoms. The zero-order chi connectivity index (χ0) is 15.9. The van der Waals surface area contributed by atoms with E-state index in [2.05, 4.69) is 15.0 Å². The van der Waals surface area contributed by atoms with Crippen molar-refractivity contribution in [3.8, 4) is 0 Å². The van der Waals surface area contributed by atoms with Crippen molar-refractivity contribution in [2.24, 2.45) is 14.1 Å². The lowest BCUT2D eigenvalue weighted by atomic mass is 10.4. The molecule has 0 spiro atoms. The first kappa shape index (κ1) is 15.0. The van der Waals surface area contributed by atoms with Gasteiger partial charge in [-0.2, -0.15) is 0 Å². The van der Waals surface area contributed by atoms with Crippen LogP contribution in [0.1, 0.15) is 10.7 Å². The molecule has 0 fully saturated rings. The Balaban J connectivity index is 1.83. The van der Waals surface area contributed by atoms with E-state index in [0.717, 1.165) is 27.4 Å². The van der Waals surface area contributed by atoms with E-state index in [1.807, 2.05) is 12.3 Å². The molecule has 116 valence electrons. The van der Waals surface area contributed by atoms with Gasteiger partial charge in [0.2, 0.25) is 0 Å². The van der Waals surface area contributed by atoms with Crippen molar-refractivity contribution in [1.29, 1.82) is 0 Å². The Bertz CT molecular complexity index is 950. The van der Waals surface area contributed by atoms with Crippen LogP contribution in [0, 0.1) is 6.92 Å². The second-order valence-corrected chi connectivity index (χ2v) is 7.05. The van der Waals surface area contributed by atoms with Gasteiger partial charge in [-0.25, -0.2) is 14.8 Å². The normalized spacial score (nSPS) is 11.4. The molecule has 0 aliphatic heterocycles. The zero-order valence-electron chi connectivity index (χ0n) is 12.4. The monoisotopic (exact) mass is 337 g/mol. The summed E-state index contributed by atoms with van der Waals surface area (Å²) in [4.78, 5) is 35.7. The van der Waals surface area contributed by atoms with Crippen LogP contribution in [0.15, 0.2) is 20.1 Å². The summed E-state index contributed by atoms with van der Waals surface area (Å²) in [5, 5.41) is 3.75. The number of fused-ring (bicyclic) bond motifs is 1. The highest BCUT2D eigenvalue weighted by Crippen LogP contribution is 2.18. The third-order valence-electron chi connectivity index (χ3n) is 3.34. The number of rotatable bonds is 4. The highest BCUT2D eigenvalue weighted by molar-refractivity contribution is 7.99. The van der Waals surface area contributed by atoms with Gasteiger partial charge in [-0.1, -0.05) is 11.8 Å². The number of thiazole rings is 1. The summed E-state index contributed by atoms with van der Waals surface area (Å²) < 4.78 is 2.45. The van der Waals surface area contributed by atoms with Crippen molar-refractivity contribution in [3.63, 3.8) is 0 Å². The fraction of sp³-hybridized carbons (Fsp3) is 0.385. The third kappa shape index (κ3) is 2.61. The van der Waals surface area contributed by atoms with Gasteiger partial charge >= 0.3 is 5.69 Å². The van der Waals surface area contributed by atoms with Crippen LogP contribution in [-0.4, -0.2) is 29.8 Å². The van der Waals surface area contributed by atoms with Gasteiger partial charge in [0.1, 0.15) is 0 Å². The Labute approximate surface area is 134 Å². The molecule has 3 aromatic heterocycles. The molecular weight excluding hydrogens is 322 g/mol. The predicted octanol–water partition coefficient (Wildman–Crippen LogP) is 1.06. The van der Waals surface area contributed by atoms with Gasteiger partial charge in [-0.3, -0.25) is 13.9 Å². The van der Waals surface area contributed by atoms with Crippen molar-refractivity contribution in [2.45, 2.75) is 18.5 Å². The van der Waals surface area contributed by atoms with Gasteiger partial charge in [0, 0.05) is 31.6 Å². The van der Waals surface area contributed by atoms with E-state index in [4.69, 9.17) is 0 Å². The number of aromatic nitrogens is 5. The molecule has 1 N–H and O–H groups in total. The van der Waals surface area contributed by atoms with Crippen LogP contribution in [0.25, 0.3) is 11.2 Å². The Morgan fingerprint density at radius 2 is 2.05 bits per heavy atom. The minimum Gasteiger partial charge on any atom is -0.327 e. The molecule has 3 rings (SSSR count). The van der Waals surface area contributed by atoms with Crippen LogP contribution in [0.4, 0.5) is 0 Å². The molecule has 3 aromatic rings. The van der Waals surface area contributed by atoms with Gasteiger partial charge in [0.05, 0.1) is 10.7 Å². The maximum absolute atomic E-state index is 12.1. The fourth-order valence-electron chi connectivity index (χ4n) is 2.15. The van der Waals surface area contributed by atoms with Crippen LogP contribution in [-0.2, 0) is 20.5 Å². The van der Waals surface area contributed by atoms with Crippen LogP contribution >= 0.6 is 23.1 Å². The smallest absolute Gasteiger partial charge is 0.327 e. The summed E-state index contributed by atoms with van der Waals surface area (Å²) in [5.41, 5.74) is 1.08. The maximum atomic E-state index is 12.1. The van der Waals surface area contributed by atoms with Crippen molar-refractivity contribution >= 4 is 34.3 Å². The number of aromatic amines is 1. The summed E-state index contributed by atoms with van der Waals surface area (Å²) >= 11 is 3.15. The summed E-state index contributed by atoms with van der Waals surface area (Å²) in [6.07, 6.45) is 0.836. The van der Waals surface area contributed by atoms with Gasteiger partial charge in [-0.15, -0.1) is 11.3 Å². The number of H-pyrrole nitrogens is 1. The lowest BCUT2D eigenvalue weighted by Gasteiger charge is -2.00. The molecule has 0 radical (unpaired) electrons. The lowest BCUT2D eigenvalue weighted by Crippen LogP contribution is -2.36. The Morgan fingerprint density at radius 1 is 1.27 bits per heavy atom. The molecule has 0 saturated carbocycles. The quantitative estimate of drug-likeness (QED) is 0.720. The Hall–Kier alpha value is -1.87. The molecule has 0 bridgehead atoms. The van der Waals surface area contributed by atoms with Gasteiger partial charge in [0.25, 0.3) is 5.56 Å². The third-order valence-corrected chi connectivity index (χ3v) is 5.03. The highest BCUT2D eigenvalue weighted by Gasteiger charge is 2.13. The second kappa shape index (κ2) is 5.73. The molecule has 0 amide bonds. The number of aryl methyl sites for hydroxylation is 3. The van der Waals surface area contributed by atoms with E-state index in [-0.39, 0.29) is 11.2 Å². The summed E-state index contributed by atoms with van der Waals surface area (Å²) in [6.45, 7) is 1.98. The number of thioether (sulfide) groups is 1. The maximum Gasteiger partial charge on any atom is 0.332 e. The topological polar surface area (TPSA) is 85.6 Å². The Morgan fingerprint density at radius 3 is 2.73 bits per heavy atom. The van der Waals surface area contributed by atoms with Crippen molar-refractivity contribution in [3.05, 3.63) is 36.9 Å². The molecule has 0 aliphatic carbocycles. The van der Waals surface area contributed by atoms with E-state index < -0.39 is 0 Å². The summed E-state index contributed by atoms with van der Waals surface area (Å²) in [6, 6.07) is 0. The first-order valence-electron chi connectivity index (χ1n) is 6.67. The molecular formula is C13H15N5O2S2. The number of hydrogen-bond donors (Lipinski definition) is 1. The van der Waals surface area contributed by atoms with Gasteiger partial charge in [0.15, 0.2) is 16.3 Å². The van der Waals surface area contributed by atoms with Crippen LogP contribution < -0.4 is 11.2 Å². The van der Waals surface area contributed by atoms with E-state index in [9.17, 15) is 9.59 Å². The van der Waals surface area contributed by atoms with Crippen LogP contribution in [0.2, 0.25) is 0 Å². The Kier molecular flexibility index (Phi) is 3.92. The first-order chi connectivity index (χ1) is 10.5. The first-order valence-corrected chi connectivity index (χ1v) is 8.53. The van der Waals surface area contributed by atoms with Crippen molar-refractivity contribution < 1.29 is 0 Å². The van der Waals surface area contributed by atoms with E-state index >= 15 is 0 Å².